The predicted molar refractivity (Wildman–Crippen MR) is 79.9 cm³/mol. The molecule has 0 aliphatic carbocycles. The molecule has 0 bridgehead atoms. The molecule has 96 valence electrons. The maximum absolute atomic E-state index is 5.61. The van der Waals surface area contributed by atoms with E-state index in [4.69, 9.17) is 4.74 Å². The first-order valence-electron chi connectivity index (χ1n) is 5.84. The number of rotatable bonds is 8. The van der Waals surface area contributed by atoms with Crippen molar-refractivity contribution < 1.29 is 4.74 Å². The summed E-state index contributed by atoms with van der Waals surface area (Å²) < 4.78 is 5.61. The van der Waals surface area contributed by atoms with Crippen molar-refractivity contribution in [2.24, 2.45) is 0 Å². The van der Waals surface area contributed by atoms with Gasteiger partial charge in [0.1, 0.15) is 5.75 Å². The normalized spacial score (nSPS) is 10.8. The van der Waals surface area contributed by atoms with Crippen molar-refractivity contribution in [1.82, 2.24) is 5.32 Å². The number of benzene rings is 1. The highest BCUT2D eigenvalue weighted by atomic mass is 33.1. The molecular weight excluding hydrogens is 250 g/mol. The van der Waals surface area contributed by atoms with Gasteiger partial charge in [-0.25, -0.2) is 0 Å². The van der Waals surface area contributed by atoms with E-state index >= 15 is 0 Å². The van der Waals surface area contributed by atoms with Crippen LogP contribution in [0.4, 0.5) is 0 Å². The first-order valence-corrected chi connectivity index (χ1v) is 8.57. The van der Waals surface area contributed by atoms with Gasteiger partial charge in [0.05, 0.1) is 12.0 Å². The largest absolute Gasteiger partial charge is 0.491 e. The van der Waals surface area contributed by atoms with Crippen LogP contribution in [0.3, 0.4) is 0 Å². The SMILES string of the molecule is CSSCNCCc1ccc(OC(C)C)cc1. The second-order valence-electron chi connectivity index (χ2n) is 3.99. The highest BCUT2D eigenvalue weighted by Crippen LogP contribution is 2.15. The lowest BCUT2D eigenvalue weighted by Crippen LogP contribution is -2.15. The lowest BCUT2D eigenvalue weighted by Gasteiger charge is -2.10. The molecule has 0 aliphatic rings. The van der Waals surface area contributed by atoms with Crippen LogP contribution in [0.5, 0.6) is 5.75 Å². The average Bonchev–Trinajstić information content (AvgIpc) is 2.30. The average molecular weight is 271 g/mol. The monoisotopic (exact) mass is 271 g/mol. The summed E-state index contributed by atoms with van der Waals surface area (Å²) in [5, 5.41) is 3.39. The fraction of sp³-hybridized carbons (Fsp3) is 0.538. The minimum Gasteiger partial charge on any atom is -0.491 e. The van der Waals surface area contributed by atoms with Crippen molar-refractivity contribution in [3.63, 3.8) is 0 Å². The van der Waals surface area contributed by atoms with Crippen molar-refractivity contribution in [3.8, 4) is 5.75 Å². The molecule has 1 rings (SSSR count). The molecule has 0 spiro atoms. The van der Waals surface area contributed by atoms with Gasteiger partial charge in [-0.2, -0.15) is 0 Å². The summed E-state index contributed by atoms with van der Waals surface area (Å²) in [6, 6.07) is 8.38. The van der Waals surface area contributed by atoms with Crippen LogP contribution in [0.15, 0.2) is 24.3 Å². The standard InChI is InChI=1S/C13H21NOS2/c1-11(2)15-13-6-4-12(5-7-13)8-9-14-10-17-16-3/h4-7,11,14H,8-10H2,1-3H3. The Morgan fingerprint density at radius 3 is 2.53 bits per heavy atom. The third kappa shape index (κ3) is 6.86. The Bertz CT molecular complexity index is 301. The molecule has 0 fully saturated rings. The zero-order valence-electron chi connectivity index (χ0n) is 10.7. The summed E-state index contributed by atoms with van der Waals surface area (Å²) in [6.07, 6.45) is 3.41. The van der Waals surface area contributed by atoms with Gasteiger partial charge in [-0.3, -0.25) is 0 Å². The first kappa shape index (κ1) is 14.7. The molecule has 17 heavy (non-hydrogen) atoms. The zero-order chi connectivity index (χ0) is 12.5. The molecule has 0 saturated heterocycles. The smallest absolute Gasteiger partial charge is 0.119 e. The summed E-state index contributed by atoms with van der Waals surface area (Å²) in [5.41, 5.74) is 1.35. The van der Waals surface area contributed by atoms with Crippen LogP contribution >= 0.6 is 21.6 Å². The Morgan fingerprint density at radius 2 is 1.94 bits per heavy atom. The molecule has 4 heteroatoms. The van der Waals surface area contributed by atoms with Crippen LogP contribution < -0.4 is 10.1 Å². The first-order chi connectivity index (χ1) is 8.22. The fourth-order valence-electron chi connectivity index (χ4n) is 1.41. The lowest BCUT2D eigenvalue weighted by atomic mass is 10.1. The second kappa shape index (κ2) is 8.72. The van der Waals surface area contributed by atoms with Gasteiger partial charge in [-0.15, -0.1) is 0 Å². The summed E-state index contributed by atoms with van der Waals surface area (Å²) in [6.45, 7) is 5.11. The Balaban J connectivity index is 2.25. The second-order valence-corrected chi connectivity index (χ2v) is 6.55. The van der Waals surface area contributed by atoms with Crippen LogP contribution in [0, 0.1) is 0 Å². The predicted octanol–water partition coefficient (Wildman–Crippen LogP) is 3.57. The van der Waals surface area contributed by atoms with Gasteiger partial charge in [0.2, 0.25) is 0 Å². The van der Waals surface area contributed by atoms with Crippen LogP contribution in [-0.4, -0.2) is 24.8 Å². The van der Waals surface area contributed by atoms with Gasteiger partial charge >= 0.3 is 0 Å². The molecule has 1 aromatic carbocycles. The van der Waals surface area contributed by atoms with Crippen LogP contribution in [-0.2, 0) is 6.42 Å². The van der Waals surface area contributed by atoms with Crippen LogP contribution in [0.1, 0.15) is 19.4 Å². The Hall–Kier alpha value is -0.320. The van der Waals surface area contributed by atoms with Gasteiger partial charge in [0.15, 0.2) is 0 Å². The molecule has 0 aromatic heterocycles. The molecule has 0 radical (unpaired) electrons. The summed E-state index contributed by atoms with van der Waals surface area (Å²) in [4.78, 5) is 0. The van der Waals surface area contributed by atoms with E-state index < -0.39 is 0 Å². The molecule has 0 saturated carbocycles. The van der Waals surface area contributed by atoms with Crippen molar-refractivity contribution in [2.45, 2.75) is 26.4 Å². The van der Waals surface area contributed by atoms with Crippen LogP contribution in [0.2, 0.25) is 0 Å². The van der Waals surface area contributed by atoms with E-state index in [1.165, 1.54) is 5.56 Å². The summed E-state index contributed by atoms with van der Waals surface area (Å²) >= 11 is 0. The van der Waals surface area contributed by atoms with E-state index in [0.29, 0.717) is 0 Å². The number of hydrogen-bond donors (Lipinski definition) is 1. The zero-order valence-corrected chi connectivity index (χ0v) is 12.4. The quantitative estimate of drug-likeness (QED) is 0.443. The molecular formula is C13H21NOS2. The minimum atomic E-state index is 0.242. The maximum Gasteiger partial charge on any atom is 0.119 e. The maximum atomic E-state index is 5.61. The lowest BCUT2D eigenvalue weighted by molar-refractivity contribution is 0.242. The van der Waals surface area contributed by atoms with Gasteiger partial charge in [-0.1, -0.05) is 33.7 Å². The third-order valence-electron chi connectivity index (χ3n) is 2.16. The topological polar surface area (TPSA) is 21.3 Å². The summed E-state index contributed by atoms with van der Waals surface area (Å²) in [5.74, 6) is 1.96. The van der Waals surface area contributed by atoms with Crippen molar-refractivity contribution in [3.05, 3.63) is 29.8 Å². The van der Waals surface area contributed by atoms with E-state index in [9.17, 15) is 0 Å². The van der Waals surface area contributed by atoms with Gasteiger partial charge in [-0.05, 0) is 50.8 Å². The van der Waals surface area contributed by atoms with Gasteiger partial charge < -0.3 is 10.1 Å². The highest BCUT2D eigenvalue weighted by Gasteiger charge is 1.98. The van der Waals surface area contributed by atoms with E-state index in [1.54, 1.807) is 10.8 Å². The van der Waals surface area contributed by atoms with Gasteiger partial charge in [0, 0.05) is 0 Å². The number of hydrogen-bond acceptors (Lipinski definition) is 4. The number of ether oxygens (including phenoxy) is 1. The van der Waals surface area contributed by atoms with E-state index in [0.717, 1.165) is 24.6 Å². The Morgan fingerprint density at radius 1 is 1.24 bits per heavy atom. The van der Waals surface area contributed by atoms with E-state index in [1.807, 2.05) is 36.8 Å². The van der Waals surface area contributed by atoms with E-state index in [-0.39, 0.29) is 6.10 Å². The Kier molecular flexibility index (Phi) is 7.56. The highest BCUT2D eigenvalue weighted by molar-refractivity contribution is 8.76. The van der Waals surface area contributed by atoms with Crippen molar-refractivity contribution in [1.29, 1.82) is 0 Å². The van der Waals surface area contributed by atoms with Crippen molar-refractivity contribution in [2.75, 3.05) is 18.7 Å². The molecule has 0 amide bonds. The molecule has 0 atom stereocenters. The molecule has 0 unspecified atom stereocenters. The van der Waals surface area contributed by atoms with Gasteiger partial charge in [0.25, 0.3) is 0 Å². The fourth-order valence-corrected chi connectivity index (χ4v) is 2.36. The van der Waals surface area contributed by atoms with E-state index in [2.05, 4.69) is 23.7 Å². The minimum absolute atomic E-state index is 0.242. The Labute approximate surface area is 112 Å². The van der Waals surface area contributed by atoms with Crippen molar-refractivity contribution >= 4 is 21.6 Å². The molecule has 1 aromatic rings. The molecule has 0 heterocycles. The summed E-state index contributed by atoms with van der Waals surface area (Å²) in [7, 11) is 3.63. The molecule has 2 nitrogen and oxygen atoms in total. The van der Waals surface area contributed by atoms with Crippen LogP contribution in [0.25, 0.3) is 0 Å². The molecule has 0 aliphatic heterocycles. The third-order valence-corrected chi connectivity index (χ3v) is 3.78. The molecule has 1 N–H and O–H groups in total. The number of nitrogens with one attached hydrogen (secondary N) is 1.